The monoisotopic (exact) mass is 340 g/mol. The van der Waals surface area contributed by atoms with E-state index in [1.807, 2.05) is 6.07 Å². The molecule has 2 aromatic heterocycles. The number of amides is 1. The lowest BCUT2D eigenvalue weighted by molar-refractivity contribution is -0.130. The van der Waals surface area contributed by atoms with E-state index >= 15 is 0 Å². The van der Waals surface area contributed by atoms with Gasteiger partial charge in [-0.25, -0.2) is 0 Å². The predicted molar refractivity (Wildman–Crippen MR) is 90.5 cm³/mol. The minimum absolute atomic E-state index is 0.0882. The van der Waals surface area contributed by atoms with Gasteiger partial charge in [-0.15, -0.1) is 0 Å². The van der Waals surface area contributed by atoms with E-state index in [0.29, 0.717) is 17.2 Å². The van der Waals surface area contributed by atoms with Crippen LogP contribution in [0, 0.1) is 12.8 Å². The zero-order valence-electron chi connectivity index (χ0n) is 14.4. The third-order valence-electron chi connectivity index (χ3n) is 4.18. The Kier molecular flexibility index (Phi) is 4.44. The number of aliphatic hydroxyl groups excluding tert-OH is 1. The highest BCUT2D eigenvalue weighted by molar-refractivity contribution is 6.09. The van der Waals surface area contributed by atoms with Crippen LogP contribution in [0.4, 0.5) is 0 Å². The molecule has 3 rings (SSSR count). The molecule has 0 bridgehead atoms. The number of rotatable bonds is 5. The number of carbonyl (C=O) groups is 2. The summed E-state index contributed by atoms with van der Waals surface area (Å²) in [5.41, 5.74) is 0.750. The third-order valence-corrected chi connectivity index (χ3v) is 4.18. The van der Waals surface area contributed by atoms with Crippen molar-refractivity contribution in [2.24, 2.45) is 5.92 Å². The lowest BCUT2D eigenvalue weighted by Gasteiger charge is -2.25. The first-order chi connectivity index (χ1) is 11.9. The Balaban J connectivity index is 2.05. The standard InChI is InChI=1S/C19H20N2O4/c1-11(2)17(22)15-16(14-8-7-12(3)25-14)21(19(24)18(15)23)10-13-6-4-5-9-20-13/h4-9,11,16,23H,10H2,1-3H3. The number of furan rings is 1. The second-order valence-electron chi connectivity index (χ2n) is 6.39. The number of ketones is 1. The molecule has 1 amide bonds. The Morgan fingerprint density at radius 2 is 2.08 bits per heavy atom. The van der Waals surface area contributed by atoms with Crippen molar-refractivity contribution in [2.75, 3.05) is 0 Å². The Labute approximate surface area is 145 Å². The van der Waals surface area contributed by atoms with E-state index in [2.05, 4.69) is 4.98 Å². The van der Waals surface area contributed by atoms with Gasteiger partial charge >= 0.3 is 0 Å². The fraction of sp³-hybridized carbons (Fsp3) is 0.316. The summed E-state index contributed by atoms with van der Waals surface area (Å²) in [6, 6.07) is 8.14. The topological polar surface area (TPSA) is 83.6 Å². The molecular weight excluding hydrogens is 320 g/mol. The molecule has 1 aliphatic rings. The van der Waals surface area contributed by atoms with Crippen molar-refractivity contribution in [2.45, 2.75) is 33.4 Å². The van der Waals surface area contributed by atoms with E-state index < -0.39 is 17.7 Å². The summed E-state index contributed by atoms with van der Waals surface area (Å²) in [6.45, 7) is 5.43. The fourth-order valence-electron chi connectivity index (χ4n) is 2.94. The van der Waals surface area contributed by atoms with E-state index in [9.17, 15) is 14.7 Å². The van der Waals surface area contributed by atoms with Crippen molar-refractivity contribution in [3.05, 3.63) is 65.1 Å². The molecule has 130 valence electrons. The van der Waals surface area contributed by atoms with Gasteiger partial charge in [0.25, 0.3) is 5.91 Å². The van der Waals surface area contributed by atoms with Crippen molar-refractivity contribution in [1.82, 2.24) is 9.88 Å². The molecule has 6 nitrogen and oxygen atoms in total. The Bertz CT molecular complexity index is 836. The van der Waals surface area contributed by atoms with Gasteiger partial charge in [-0.2, -0.15) is 0 Å². The van der Waals surface area contributed by atoms with Crippen LogP contribution in [0.2, 0.25) is 0 Å². The Hall–Kier alpha value is -2.89. The molecular formula is C19H20N2O4. The van der Waals surface area contributed by atoms with E-state index in [1.165, 1.54) is 4.90 Å². The van der Waals surface area contributed by atoms with Crippen molar-refractivity contribution in [3.8, 4) is 0 Å². The average molecular weight is 340 g/mol. The van der Waals surface area contributed by atoms with Crippen LogP contribution < -0.4 is 0 Å². The van der Waals surface area contributed by atoms with Crippen LogP contribution in [0.5, 0.6) is 0 Å². The summed E-state index contributed by atoms with van der Waals surface area (Å²) in [4.78, 5) is 30.9. The van der Waals surface area contributed by atoms with Gasteiger partial charge in [-0.1, -0.05) is 19.9 Å². The minimum atomic E-state index is -0.752. The molecule has 0 saturated carbocycles. The van der Waals surface area contributed by atoms with Crippen LogP contribution in [0.3, 0.4) is 0 Å². The van der Waals surface area contributed by atoms with Gasteiger partial charge in [0, 0.05) is 12.1 Å². The van der Waals surface area contributed by atoms with Crippen molar-refractivity contribution >= 4 is 11.7 Å². The molecule has 6 heteroatoms. The van der Waals surface area contributed by atoms with E-state index in [-0.39, 0.29) is 23.8 Å². The highest BCUT2D eigenvalue weighted by atomic mass is 16.3. The molecule has 0 radical (unpaired) electrons. The van der Waals surface area contributed by atoms with Gasteiger partial charge in [-0.05, 0) is 31.2 Å². The molecule has 0 spiro atoms. The van der Waals surface area contributed by atoms with Crippen LogP contribution in [-0.4, -0.2) is 26.7 Å². The van der Waals surface area contributed by atoms with Crippen molar-refractivity contribution in [3.63, 3.8) is 0 Å². The smallest absolute Gasteiger partial charge is 0.290 e. The van der Waals surface area contributed by atoms with Gasteiger partial charge in [0.2, 0.25) is 0 Å². The molecule has 0 fully saturated rings. The van der Waals surface area contributed by atoms with Gasteiger partial charge in [-0.3, -0.25) is 14.6 Å². The van der Waals surface area contributed by atoms with Gasteiger partial charge < -0.3 is 14.4 Å². The van der Waals surface area contributed by atoms with Gasteiger partial charge in [0.05, 0.1) is 17.8 Å². The number of aliphatic hydroxyl groups is 1. The second-order valence-corrected chi connectivity index (χ2v) is 6.39. The van der Waals surface area contributed by atoms with Crippen LogP contribution in [-0.2, 0) is 16.1 Å². The molecule has 3 heterocycles. The Morgan fingerprint density at radius 1 is 1.32 bits per heavy atom. The quantitative estimate of drug-likeness (QED) is 0.904. The molecule has 0 saturated heterocycles. The first kappa shape index (κ1) is 17.0. The lowest BCUT2D eigenvalue weighted by atomic mass is 9.94. The third kappa shape index (κ3) is 3.07. The molecule has 1 unspecified atom stereocenters. The number of nitrogens with zero attached hydrogens (tertiary/aromatic N) is 2. The predicted octanol–water partition coefficient (Wildman–Crippen LogP) is 3.10. The van der Waals surface area contributed by atoms with E-state index in [0.717, 1.165) is 0 Å². The largest absolute Gasteiger partial charge is 0.503 e. The summed E-state index contributed by atoms with van der Waals surface area (Å²) in [6.07, 6.45) is 1.63. The Morgan fingerprint density at radius 3 is 2.64 bits per heavy atom. The first-order valence-electron chi connectivity index (χ1n) is 8.14. The second kappa shape index (κ2) is 6.55. The summed E-state index contributed by atoms with van der Waals surface area (Å²) in [5, 5.41) is 10.4. The molecule has 0 aromatic carbocycles. The normalized spacial score (nSPS) is 17.7. The zero-order chi connectivity index (χ0) is 18.1. The molecule has 2 aromatic rings. The van der Waals surface area contributed by atoms with Gasteiger partial charge in [0.1, 0.15) is 17.6 Å². The molecule has 1 aliphatic heterocycles. The number of hydrogen-bond acceptors (Lipinski definition) is 5. The van der Waals surface area contributed by atoms with Crippen molar-refractivity contribution in [1.29, 1.82) is 0 Å². The summed E-state index contributed by atoms with van der Waals surface area (Å²) in [7, 11) is 0. The number of Topliss-reactive ketones (excluding diaryl/α,β-unsaturated/α-hetero) is 1. The number of aromatic nitrogens is 1. The molecule has 1 atom stereocenters. The van der Waals surface area contributed by atoms with Crippen LogP contribution >= 0.6 is 0 Å². The zero-order valence-corrected chi connectivity index (χ0v) is 14.4. The number of pyridine rings is 1. The molecule has 25 heavy (non-hydrogen) atoms. The van der Waals surface area contributed by atoms with Crippen LogP contribution in [0.25, 0.3) is 0 Å². The van der Waals surface area contributed by atoms with E-state index in [4.69, 9.17) is 4.42 Å². The summed E-state index contributed by atoms with van der Waals surface area (Å²) < 4.78 is 5.68. The maximum absolute atomic E-state index is 12.6. The highest BCUT2D eigenvalue weighted by Crippen LogP contribution is 2.40. The van der Waals surface area contributed by atoms with Crippen LogP contribution in [0.1, 0.15) is 37.1 Å². The highest BCUT2D eigenvalue weighted by Gasteiger charge is 2.45. The fourth-order valence-corrected chi connectivity index (χ4v) is 2.94. The number of carbonyl (C=O) groups excluding carboxylic acids is 2. The summed E-state index contributed by atoms with van der Waals surface area (Å²) in [5.74, 6) is -0.591. The average Bonchev–Trinajstić information content (AvgIpc) is 3.11. The maximum Gasteiger partial charge on any atom is 0.290 e. The van der Waals surface area contributed by atoms with Gasteiger partial charge in [0.15, 0.2) is 11.5 Å². The number of aryl methyl sites for hydroxylation is 1. The minimum Gasteiger partial charge on any atom is -0.503 e. The first-order valence-corrected chi connectivity index (χ1v) is 8.14. The lowest BCUT2D eigenvalue weighted by Crippen LogP contribution is -2.31. The molecule has 1 N–H and O–H groups in total. The van der Waals surface area contributed by atoms with Crippen molar-refractivity contribution < 1.29 is 19.1 Å². The summed E-state index contributed by atoms with van der Waals surface area (Å²) >= 11 is 0. The van der Waals surface area contributed by atoms with Crippen LogP contribution in [0.15, 0.2) is 52.3 Å². The van der Waals surface area contributed by atoms with E-state index in [1.54, 1.807) is 51.2 Å². The number of hydrogen-bond donors (Lipinski definition) is 1. The molecule has 0 aliphatic carbocycles. The SMILES string of the molecule is Cc1ccc(C2C(C(=O)C(C)C)=C(O)C(=O)N2Cc2ccccn2)o1. The maximum atomic E-state index is 12.6.